The zero-order chi connectivity index (χ0) is 14.0. The molecule has 0 bridgehead atoms. The van der Waals surface area contributed by atoms with Crippen molar-refractivity contribution >= 4 is 44.8 Å². The number of nitrogens with one attached hydrogen (secondary N) is 1. The Balaban J connectivity index is 2.20. The predicted octanol–water partition coefficient (Wildman–Crippen LogP) is 4.25. The molecular formula is C14H12BrClN2O. The Bertz CT molecular complexity index is 643. The van der Waals surface area contributed by atoms with Gasteiger partial charge in [0.2, 0.25) is 0 Å². The SMILES string of the molecule is Cc1ccc(NC(=O)c2ccc(Br)c(N)c2)cc1Cl. The number of hydrogen-bond donors (Lipinski definition) is 2. The Morgan fingerprint density at radius 1 is 1.26 bits per heavy atom. The molecule has 0 aromatic heterocycles. The van der Waals surface area contributed by atoms with Gasteiger partial charge < -0.3 is 11.1 Å². The third-order valence-corrected chi connectivity index (χ3v) is 3.82. The Kier molecular flexibility index (Phi) is 4.12. The molecule has 0 heterocycles. The van der Waals surface area contributed by atoms with E-state index in [4.69, 9.17) is 17.3 Å². The van der Waals surface area contributed by atoms with Crippen LogP contribution in [0.15, 0.2) is 40.9 Å². The van der Waals surface area contributed by atoms with Crippen molar-refractivity contribution in [3.63, 3.8) is 0 Å². The van der Waals surface area contributed by atoms with Gasteiger partial charge in [-0.25, -0.2) is 0 Å². The van der Waals surface area contributed by atoms with Crippen molar-refractivity contribution in [2.75, 3.05) is 11.1 Å². The summed E-state index contributed by atoms with van der Waals surface area (Å²) in [4.78, 5) is 12.0. The summed E-state index contributed by atoms with van der Waals surface area (Å²) in [6.07, 6.45) is 0. The van der Waals surface area contributed by atoms with Crippen LogP contribution in [0.1, 0.15) is 15.9 Å². The van der Waals surface area contributed by atoms with E-state index in [1.54, 1.807) is 30.3 Å². The van der Waals surface area contributed by atoms with Gasteiger partial charge in [0.15, 0.2) is 0 Å². The van der Waals surface area contributed by atoms with Crippen LogP contribution in [0.4, 0.5) is 11.4 Å². The molecule has 0 radical (unpaired) electrons. The van der Waals surface area contributed by atoms with Gasteiger partial charge in [-0.1, -0.05) is 17.7 Å². The molecule has 98 valence electrons. The summed E-state index contributed by atoms with van der Waals surface area (Å²) in [5, 5.41) is 3.40. The molecule has 0 aliphatic carbocycles. The number of benzene rings is 2. The zero-order valence-corrected chi connectivity index (χ0v) is 12.5. The van der Waals surface area contributed by atoms with Crippen LogP contribution >= 0.6 is 27.5 Å². The minimum atomic E-state index is -0.223. The number of halogens is 2. The predicted molar refractivity (Wildman–Crippen MR) is 82.7 cm³/mol. The van der Waals surface area contributed by atoms with Gasteiger partial charge >= 0.3 is 0 Å². The highest BCUT2D eigenvalue weighted by atomic mass is 79.9. The van der Waals surface area contributed by atoms with Crippen LogP contribution in [-0.4, -0.2) is 5.91 Å². The standard InChI is InChI=1S/C14H12BrClN2O/c1-8-2-4-10(7-12(8)16)18-14(19)9-3-5-11(15)13(17)6-9/h2-7H,17H2,1H3,(H,18,19). The quantitative estimate of drug-likeness (QED) is 0.804. The lowest BCUT2D eigenvalue weighted by atomic mass is 10.1. The van der Waals surface area contributed by atoms with Gasteiger partial charge in [0.05, 0.1) is 0 Å². The summed E-state index contributed by atoms with van der Waals surface area (Å²) in [5.41, 5.74) is 8.39. The summed E-state index contributed by atoms with van der Waals surface area (Å²) in [6, 6.07) is 10.4. The van der Waals surface area contributed by atoms with E-state index in [0.717, 1.165) is 10.0 Å². The average molecular weight is 340 g/mol. The van der Waals surface area contributed by atoms with Crippen LogP contribution in [0, 0.1) is 6.92 Å². The summed E-state index contributed by atoms with van der Waals surface area (Å²) in [5.74, 6) is -0.223. The Morgan fingerprint density at radius 3 is 2.63 bits per heavy atom. The lowest BCUT2D eigenvalue weighted by molar-refractivity contribution is 0.102. The minimum absolute atomic E-state index is 0.223. The number of nitrogen functional groups attached to an aromatic ring is 1. The molecule has 0 unspecified atom stereocenters. The summed E-state index contributed by atoms with van der Waals surface area (Å²) in [6.45, 7) is 1.91. The molecule has 19 heavy (non-hydrogen) atoms. The molecule has 1 amide bonds. The maximum atomic E-state index is 12.0. The van der Waals surface area contributed by atoms with Gasteiger partial charge in [0.25, 0.3) is 5.91 Å². The van der Waals surface area contributed by atoms with Crippen LogP contribution in [0.25, 0.3) is 0 Å². The monoisotopic (exact) mass is 338 g/mol. The average Bonchev–Trinajstić information content (AvgIpc) is 2.37. The molecule has 0 atom stereocenters. The molecule has 2 aromatic rings. The molecule has 0 aliphatic rings. The van der Waals surface area contributed by atoms with E-state index in [1.807, 2.05) is 13.0 Å². The van der Waals surface area contributed by atoms with Crippen molar-refractivity contribution in [1.82, 2.24) is 0 Å². The largest absolute Gasteiger partial charge is 0.398 e. The van der Waals surface area contributed by atoms with E-state index in [-0.39, 0.29) is 5.91 Å². The highest BCUT2D eigenvalue weighted by molar-refractivity contribution is 9.10. The second-order valence-electron chi connectivity index (χ2n) is 4.15. The maximum absolute atomic E-state index is 12.0. The lowest BCUT2D eigenvalue weighted by Crippen LogP contribution is -2.12. The number of anilines is 2. The molecule has 0 saturated heterocycles. The third kappa shape index (κ3) is 3.28. The molecule has 3 N–H and O–H groups in total. The van der Waals surface area contributed by atoms with Gasteiger partial charge in [-0.2, -0.15) is 0 Å². The summed E-state index contributed by atoms with van der Waals surface area (Å²) >= 11 is 9.30. The highest BCUT2D eigenvalue weighted by Gasteiger charge is 2.08. The fraction of sp³-hybridized carbons (Fsp3) is 0.0714. The van der Waals surface area contributed by atoms with E-state index in [9.17, 15) is 4.79 Å². The molecule has 0 spiro atoms. The molecule has 0 aliphatic heterocycles. The number of rotatable bonds is 2. The third-order valence-electron chi connectivity index (χ3n) is 2.69. The summed E-state index contributed by atoms with van der Waals surface area (Å²) < 4.78 is 0.766. The summed E-state index contributed by atoms with van der Waals surface area (Å²) in [7, 11) is 0. The molecule has 5 heteroatoms. The normalized spacial score (nSPS) is 10.3. The van der Waals surface area contributed by atoms with Crippen LogP contribution in [0.2, 0.25) is 5.02 Å². The minimum Gasteiger partial charge on any atom is -0.398 e. The Morgan fingerprint density at radius 2 is 2.00 bits per heavy atom. The Hall–Kier alpha value is -1.52. The van der Waals surface area contributed by atoms with Crippen LogP contribution in [0.5, 0.6) is 0 Å². The first-order chi connectivity index (χ1) is 8.97. The van der Waals surface area contributed by atoms with E-state index in [0.29, 0.717) is 22.0 Å². The fourth-order valence-electron chi connectivity index (χ4n) is 1.56. The second-order valence-corrected chi connectivity index (χ2v) is 5.42. The molecule has 3 nitrogen and oxygen atoms in total. The van der Waals surface area contributed by atoms with Gasteiger partial charge in [-0.05, 0) is 58.7 Å². The van der Waals surface area contributed by atoms with Gasteiger partial charge in [-0.15, -0.1) is 0 Å². The number of carbonyl (C=O) groups excluding carboxylic acids is 1. The Labute approximate surface area is 124 Å². The highest BCUT2D eigenvalue weighted by Crippen LogP contribution is 2.23. The zero-order valence-electron chi connectivity index (χ0n) is 10.2. The fourth-order valence-corrected chi connectivity index (χ4v) is 1.99. The topological polar surface area (TPSA) is 55.1 Å². The van der Waals surface area contributed by atoms with Crippen molar-refractivity contribution < 1.29 is 4.79 Å². The first-order valence-electron chi connectivity index (χ1n) is 5.60. The number of carbonyl (C=O) groups is 1. The maximum Gasteiger partial charge on any atom is 0.255 e. The molecule has 2 aromatic carbocycles. The van der Waals surface area contributed by atoms with Crippen molar-refractivity contribution in [2.45, 2.75) is 6.92 Å². The van der Waals surface area contributed by atoms with Gasteiger partial charge in [0, 0.05) is 26.4 Å². The van der Waals surface area contributed by atoms with E-state index in [1.165, 1.54) is 0 Å². The lowest BCUT2D eigenvalue weighted by Gasteiger charge is -2.08. The van der Waals surface area contributed by atoms with Crippen LogP contribution in [-0.2, 0) is 0 Å². The van der Waals surface area contributed by atoms with Crippen molar-refractivity contribution in [2.24, 2.45) is 0 Å². The first kappa shape index (κ1) is 13.9. The van der Waals surface area contributed by atoms with E-state index < -0.39 is 0 Å². The number of aryl methyl sites for hydroxylation is 1. The molecule has 0 saturated carbocycles. The first-order valence-corrected chi connectivity index (χ1v) is 6.77. The van der Waals surface area contributed by atoms with Crippen LogP contribution in [0.3, 0.4) is 0 Å². The molecular weight excluding hydrogens is 328 g/mol. The van der Waals surface area contributed by atoms with Crippen molar-refractivity contribution in [1.29, 1.82) is 0 Å². The van der Waals surface area contributed by atoms with Gasteiger partial charge in [-0.3, -0.25) is 4.79 Å². The van der Waals surface area contributed by atoms with Crippen molar-refractivity contribution in [3.8, 4) is 0 Å². The second kappa shape index (κ2) is 5.63. The smallest absolute Gasteiger partial charge is 0.255 e. The molecule has 0 fully saturated rings. The van der Waals surface area contributed by atoms with Crippen molar-refractivity contribution in [3.05, 3.63) is 57.0 Å². The number of nitrogens with two attached hydrogens (primary N) is 1. The van der Waals surface area contributed by atoms with E-state index in [2.05, 4.69) is 21.2 Å². The van der Waals surface area contributed by atoms with Crippen LogP contribution < -0.4 is 11.1 Å². The van der Waals surface area contributed by atoms with Gasteiger partial charge in [0.1, 0.15) is 0 Å². The van der Waals surface area contributed by atoms with E-state index >= 15 is 0 Å². The molecule has 2 rings (SSSR count). The number of hydrogen-bond acceptors (Lipinski definition) is 2. The number of amides is 1.